The summed E-state index contributed by atoms with van der Waals surface area (Å²) in [5.74, 6) is -0.529. The minimum absolute atomic E-state index is 0.154. The molecule has 12 nitrogen and oxygen atoms in total. The number of imide groups is 1. The van der Waals surface area contributed by atoms with Gasteiger partial charge in [-0.2, -0.15) is 0 Å². The Labute approximate surface area is 299 Å². The van der Waals surface area contributed by atoms with E-state index in [2.05, 4.69) is 20.5 Å². The molecule has 4 N–H and O–H groups in total. The number of nitrogens with one attached hydrogen (secondary N) is 2. The topological polar surface area (TPSA) is 162 Å². The zero-order valence-electron chi connectivity index (χ0n) is 29.9. The lowest BCUT2D eigenvalue weighted by molar-refractivity contribution is -0.130. The molecule has 50 heavy (non-hydrogen) atoms. The molecule has 2 aliphatic rings. The van der Waals surface area contributed by atoms with E-state index in [9.17, 15) is 14.4 Å². The first-order valence-electron chi connectivity index (χ1n) is 17.2. The first kappa shape index (κ1) is 37.5. The van der Waals surface area contributed by atoms with Crippen LogP contribution in [0, 0.1) is 11.8 Å². The summed E-state index contributed by atoms with van der Waals surface area (Å²) in [7, 11) is -0.558. The van der Waals surface area contributed by atoms with Gasteiger partial charge in [-0.3, -0.25) is 9.59 Å². The number of hydrogen-bond donors (Lipinski definition) is 3. The first-order valence-corrected chi connectivity index (χ1v) is 17.5. The smallest absolute Gasteiger partial charge is 0.444 e. The van der Waals surface area contributed by atoms with Crippen molar-refractivity contribution in [1.29, 1.82) is 0 Å². The van der Waals surface area contributed by atoms with Crippen LogP contribution in [0.1, 0.15) is 79.7 Å². The molecule has 3 aromatic rings. The van der Waals surface area contributed by atoms with E-state index >= 15 is 0 Å². The van der Waals surface area contributed by atoms with Crippen LogP contribution in [0.3, 0.4) is 0 Å². The van der Waals surface area contributed by atoms with Crippen LogP contribution in [-0.4, -0.2) is 69.6 Å². The fourth-order valence-corrected chi connectivity index (χ4v) is 6.32. The fourth-order valence-electron chi connectivity index (χ4n) is 6.19. The minimum Gasteiger partial charge on any atom is -0.444 e. The second-order valence-electron chi connectivity index (χ2n) is 15.3. The number of aromatic nitrogens is 3. The van der Waals surface area contributed by atoms with Gasteiger partial charge in [0.1, 0.15) is 5.60 Å². The Morgan fingerprint density at radius 1 is 1.04 bits per heavy atom. The van der Waals surface area contributed by atoms with Gasteiger partial charge in [-0.15, -0.1) is 10.2 Å². The van der Waals surface area contributed by atoms with Crippen LogP contribution in [0.2, 0.25) is 5.28 Å². The van der Waals surface area contributed by atoms with Crippen molar-refractivity contribution < 1.29 is 28.4 Å². The van der Waals surface area contributed by atoms with Gasteiger partial charge < -0.3 is 30.1 Å². The van der Waals surface area contributed by atoms with Gasteiger partial charge in [0.15, 0.2) is 5.82 Å². The molecule has 5 rings (SSSR count). The molecule has 1 aliphatic carbocycles. The second-order valence-corrected chi connectivity index (χ2v) is 15.6. The SMILES string of the molecule is CC(C)(C)OC(=O)NC[C@H]1CC[C@H](C(=O)N(C(=O)[C@@H](N)Cc2cccc(B3OC(C)(C)C(C)(C)O3)c2)c2ccc(-c3nnc(Cl)[nH]3)cc2)CC1. The standard InChI is InChI=1S/C36H48BClN6O6/c1-34(2,3)48-33(47)40-21-22-11-13-25(14-12-22)30(45)44(27-17-15-24(16-18-27)29-41-32(38)43-42-29)31(46)28(39)20-23-9-8-10-26(19-23)37-49-35(4,5)36(6,7)50-37/h8-10,15-19,22,25,28H,11-14,20-21,39H2,1-7H3,(H,40,47)(H,41,42,43)/t22-,25-,28-/m0/s1. The molecule has 0 radical (unpaired) electrons. The fraction of sp³-hybridized carbons (Fsp3) is 0.528. The zero-order valence-corrected chi connectivity index (χ0v) is 30.7. The number of nitrogens with two attached hydrogens (primary N) is 1. The number of benzene rings is 2. The molecule has 2 aromatic carbocycles. The Bertz CT molecular complexity index is 1670. The quantitative estimate of drug-likeness (QED) is 0.255. The lowest BCUT2D eigenvalue weighted by atomic mass is 9.78. The Kier molecular flexibility index (Phi) is 11.1. The first-order chi connectivity index (χ1) is 23.4. The highest BCUT2D eigenvalue weighted by molar-refractivity contribution is 6.62. The number of alkyl carbamates (subject to hydrolysis) is 1. The van der Waals surface area contributed by atoms with Crippen molar-refractivity contribution >= 4 is 47.8 Å². The zero-order chi connectivity index (χ0) is 36.4. The van der Waals surface area contributed by atoms with Crippen molar-refractivity contribution in [3.05, 3.63) is 59.4 Å². The van der Waals surface area contributed by atoms with E-state index in [0.29, 0.717) is 36.5 Å². The van der Waals surface area contributed by atoms with E-state index in [1.165, 1.54) is 4.90 Å². The van der Waals surface area contributed by atoms with Gasteiger partial charge in [0.25, 0.3) is 5.91 Å². The van der Waals surface area contributed by atoms with Gasteiger partial charge in [0.05, 0.1) is 22.9 Å². The molecule has 1 saturated carbocycles. The van der Waals surface area contributed by atoms with E-state index in [1.807, 2.05) is 72.7 Å². The largest absolute Gasteiger partial charge is 0.494 e. The minimum atomic E-state index is -1.00. The second kappa shape index (κ2) is 14.8. The predicted octanol–water partition coefficient (Wildman–Crippen LogP) is 5.19. The number of hydrogen-bond acceptors (Lipinski definition) is 9. The molecule has 1 atom stereocenters. The summed E-state index contributed by atoms with van der Waals surface area (Å²) >= 11 is 5.92. The number of rotatable bonds is 9. The van der Waals surface area contributed by atoms with Crippen molar-refractivity contribution in [2.75, 3.05) is 11.4 Å². The van der Waals surface area contributed by atoms with Crippen LogP contribution in [0.15, 0.2) is 48.5 Å². The van der Waals surface area contributed by atoms with Gasteiger partial charge in [-0.05, 0) is 133 Å². The molecule has 14 heteroatoms. The predicted molar refractivity (Wildman–Crippen MR) is 193 cm³/mol. The van der Waals surface area contributed by atoms with Gasteiger partial charge in [-0.1, -0.05) is 24.3 Å². The summed E-state index contributed by atoms with van der Waals surface area (Å²) in [6, 6.07) is 13.5. The van der Waals surface area contributed by atoms with E-state index in [4.69, 9.17) is 31.4 Å². The molecule has 1 aromatic heterocycles. The molecule has 0 bridgehead atoms. The summed E-state index contributed by atoms with van der Waals surface area (Å²) < 4.78 is 17.8. The maximum Gasteiger partial charge on any atom is 0.494 e. The third-order valence-corrected chi connectivity index (χ3v) is 9.85. The van der Waals surface area contributed by atoms with Crippen LogP contribution in [0.25, 0.3) is 11.4 Å². The van der Waals surface area contributed by atoms with Gasteiger partial charge in [0.2, 0.25) is 11.2 Å². The Hall–Kier alpha value is -3.78. The highest BCUT2D eigenvalue weighted by Gasteiger charge is 2.51. The van der Waals surface area contributed by atoms with E-state index in [-0.39, 0.29) is 29.4 Å². The van der Waals surface area contributed by atoms with Crippen molar-refractivity contribution in [2.45, 2.75) is 103 Å². The summed E-state index contributed by atoms with van der Waals surface area (Å²) in [5.41, 5.74) is 7.78. The molecular weight excluding hydrogens is 659 g/mol. The molecule has 2 heterocycles. The third kappa shape index (κ3) is 8.92. The van der Waals surface area contributed by atoms with Crippen molar-refractivity contribution in [3.8, 4) is 11.4 Å². The number of nitrogens with zero attached hydrogens (tertiary/aromatic N) is 3. The van der Waals surface area contributed by atoms with Gasteiger partial charge in [-0.25, -0.2) is 9.69 Å². The third-order valence-electron chi connectivity index (χ3n) is 9.68. The Morgan fingerprint density at radius 3 is 2.26 bits per heavy atom. The number of amides is 3. The van der Waals surface area contributed by atoms with Crippen LogP contribution in [0.5, 0.6) is 0 Å². The van der Waals surface area contributed by atoms with E-state index in [0.717, 1.165) is 23.9 Å². The maximum atomic E-state index is 14.2. The number of H-pyrrole nitrogens is 1. The Morgan fingerprint density at radius 2 is 1.68 bits per heavy atom. The van der Waals surface area contributed by atoms with Crippen molar-refractivity contribution in [2.24, 2.45) is 17.6 Å². The van der Waals surface area contributed by atoms with Crippen LogP contribution >= 0.6 is 11.6 Å². The highest BCUT2D eigenvalue weighted by Crippen LogP contribution is 2.37. The summed E-state index contributed by atoms with van der Waals surface area (Å²) in [6.45, 7) is 13.9. The number of aromatic amines is 1. The average Bonchev–Trinajstić information content (AvgIpc) is 3.58. The normalized spacial score (nSPS) is 20.6. The van der Waals surface area contributed by atoms with Gasteiger partial charge >= 0.3 is 13.2 Å². The maximum absolute atomic E-state index is 14.2. The van der Waals surface area contributed by atoms with Crippen molar-refractivity contribution in [1.82, 2.24) is 20.5 Å². The summed E-state index contributed by atoms with van der Waals surface area (Å²) in [5, 5.41) is 10.8. The van der Waals surface area contributed by atoms with Crippen LogP contribution < -0.4 is 21.4 Å². The highest BCUT2D eigenvalue weighted by atomic mass is 35.5. The van der Waals surface area contributed by atoms with Crippen LogP contribution in [-0.2, 0) is 30.1 Å². The summed E-state index contributed by atoms with van der Waals surface area (Å²) in [6.07, 6.45) is 2.33. The lowest BCUT2D eigenvalue weighted by Crippen LogP contribution is -2.50. The number of anilines is 1. The van der Waals surface area contributed by atoms with E-state index < -0.39 is 42.0 Å². The van der Waals surface area contributed by atoms with Crippen LogP contribution in [0.4, 0.5) is 10.5 Å². The number of carbonyl (C=O) groups is 3. The van der Waals surface area contributed by atoms with Gasteiger partial charge in [0, 0.05) is 18.0 Å². The number of halogens is 1. The molecule has 0 spiro atoms. The molecule has 0 unspecified atom stereocenters. The number of carbonyl (C=O) groups excluding carboxylic acids is 3. The molecule has 1 saturated heterocycles. The number of ether oxygens (including phenoxy) is 1. The molecule has 1 aliphatic heterocycles. The van der Waals surface area contributed by atoms with E-state index in [1.54, 1.807) is 24.3 Å². The van der Waals surface area contributed by atoms with Crippen molar-refractivity contribution in [3.63, 3.8) is 0 Å². The molecular formula is C36H48BClN6O6. The lowest BCUT2D eigenvalue weighted by Gasteiger charge is -2.32. The average molecular weight is 707 g/mol. The molecule has 268 valence electrons. The summed E-state index contributed by atoms with van der Waals surface area (Å²) in [4.78, 5) is 44.7. The molecule has 2 fully saturated rings. The molecule has 3 amide bonds. The Balaban J connectivity index is 1.31. The monoisotopic (exact) mass is 706 g/mol.